The largest absolute Gasteiger partial charge is 0.465 e. The monoisotopic (exact) mass is 263 g/mol. The summed E-state index contributed by atoms with van der Waals surface area (Å²) >= 11 is 1.54. The Morgan fingerprint density at radius 1 is 1.33 bits per heavy atom. The first-order chi connectivity index (χ1) is 8.76. The van der Waals surface area contributed by atoms with Gasteiger partial charge in [0, 0.05) is 28.5 Å². The molecule has 0 spiro atoms. The number of carbonyl (C=O) groups excluding carboxylic acids is 1. The third kappa shape index (κ3) is 2.70. The summed E-state index contributed by atoms with van der Waals surface area (Å²) in [6.45, 7) is 5.31. The fourth-order valence-electron chi connectivity index (χ4n) is 1.93. The molecule has 4 heteroatoms. The van der Waals surface area contributed by atoms with Crippen LogP contribution in [0.25, 0.3) is 10.9 Å². The Morgan fingerprint density at radius 3 is 2.83 bits per heavy atom. The highest BCUT2D eigenvalue weighted by molar-refractivity contribution is 8.00. The minimum atomic E-state index is -0.157. The Kier molecular flexibility index (Phi) is 4.31. The van der Waals surface area contributed by atoms with Gasteiger partial charge in [0.15, 0.2) is 0 Å². The molecule has 96 valence electrons. The molecule has 0 radical (unpaired) electrons. The number of para-hydroxylation sites is 1. The van der Waals surface area contributed by atoms with Gasteiger partial charge >= 0.3 is 5.97 Å². The first kappa shape index (κ1) is 13.0. The number of nitrogens with zero attached hydrogens (tertiary/aromatic N) is 1. The number of hydrogen-bond acceptors (Lipinski definition) is 3. The molecule has 0 N–H and O–H groups in total. The second-order valence-electron chi connectivity index (χ2n) is 3.89. The number of aryl methyl sites for hydroxylation is 1. The van der Waals surface area contributed by atoms with Gasteiger partial charge in [-0.2, -0.15) is 0 Å². The van der Waals surface area contributed by atoms with Crippen molar-refractivity contribution in [1.82, 2.24) is 4.57 Å². The summed E-state index contributed by atoms with van der Waals surface area (Å²) in [5, 5.41) is 1.20. The first-order valence-electron chi connectivity index (χ1n) is 6.12. The Labute approximate surface area is 111 Å². The average Bonchev–Trinajstić information content (AvgIpc) is 2.75. The highest BCUT2D eigenvalue weighted by Gasteiger charge is 2.10. The summed E-state index contributed by atoms with van der Waals surface area (Å²) in [6, 6.07) is 8.26. The highest BCUT2D eigenvalue weighted by Crippen LogP contribution is 2.29. The van der Waals surface area contributed by atoms with Crippen LogP contribution in [0.5, 0.6) is 0 Å². The second-order valence-corrected chi connectivity index (χ2v) is 4.91. The molecule has 0 atom stereocenters. The summed E-state index contributed by atoms with van der Waals surface area (Å²) in [5.41, 5.74) is 1.21. The lowest BCUT2D eigenvalue weighted by Crippen LogP contribution is -2.06. The molecule has 0 bridgehead atoms. The van der Waals surface area contributed by atoms with Gasteiger partial charge < -0.3 is 9.30 Å². The van der Waals surface area contributed by atoms with Crippen molar-refractivity contribution in [3.8, 4) is 0 Å². The van der Waals surface area contributed by atoms with E-state index >= 15 is 0 Å². The molecular weight excluding hydrogens is 246 g/mol. The van der Waals surface area contributed by atoms with Crippen LogP contribution in [0.2, 0.25) is 0 Å². The van der Waals surface area contributed by atoms with E-state index in [4.69, 9.17) is 4.74 Å². The predicted molar refractivity (Wildman–Crippen MR) is 75.0 cm³/mol. The molecule has 0 saturated heterocycles. The van der Waals surface area contributed by atoms with E-state index in [1.165, 1.54) is 22.7 Å². The number of aromatic nitrogens is 1. The van der Waals surface area contributed by atoms with Crippen LogP contribution >= 0.6 is 11.8 Å². The quantitative estimate of drug-likeness (QED) is 0.612. The summed E-state index contributed by atoms with van der Waals surface area (Å²) < 4.78 is 7.14. The van der Waals surface area contributed by atoms with E-state index in [2.05, 4.69) is 29.8 Å². The number of esters is 1. The molecule has 0 amide bonds. The van der Waals surface area contributed by atoms with Gasteiger partial charge in [-0.3, -0.25) is 4.79 Å². The normalized spacial score (nSPS) is 10.8. The molecule has 0 unspecified atom stereocenters. The summed E-state index contributed by atoms with van der Waals surface area (Å²) in [4.78, 5) is 12.5. The third-order valence-corrected chi connectivity index (χ3v) is 3.76. The van der Waals surface area contributed by atoms with Crippen molar-refractivity contribution in [2.45, 2.75) is 25.3 Å². The maximum atomic E-state index is 11.4. The smallest absolute Gasteiger partial charge is 0.316 e. The van der Waals surface area contributed by atoms with E-state index in [-0.39, 0.29) is 5.97 Å². The predicted octanol–water partition coefficient (Wildman–Crippen LogP) is 3.32. The van der Waals surface area contributed by atoms with Gasteiger partial charge in [-0.05, 0) is 19.9 Å². The molecule has 0 fully saturated rings. The molecule has 2 rings (SSSR count). The van der Waals surface area contributed by atoms with Gasteiger partial charge in [0.25, 0.3) is 0 Å². The maximum Gasteiger partial charge on any atom is 0.316 e. The van der Waals surface area contributed by atoms with Gasteiger partial charge in [-0.25, -0.2) is 0 Å². The van der Waals surface area contributed by atoms with Gasteiger partial charge in [-0.15, -0.1) is 11.8 Å². The molecule has 0 aliphatic rings. The van der Waals surface area contributed by atoms with Crippen molar-refractivity contribution in [3.05, 3.63) is 30.5 Å². The second kappa shape index (κ2) is 5.96. The number of thioether (sulfide) groups is 1. The van der Waals surface area contributed by atoms with Crippen LogP contribution < -0.4 is 0 Å². The molecule has 0 aliphatic heterocycles. The number of ether oxygens (including phenoxy) is 1. The van der Waals surface area contributed by atoms with Crippen LogP contribution in [0.3, 0.4) is 0 Å². The minimum Gasteiger partial charge on any atom is -0.465 e. The van der Waals surface area contributed by atoms with Crippen molar-refractivity contribution >= 4 is 28.6 Å². The van der Waals surface area contributed by atoms with E-state index < -0.39 is 0 Å². The highest BCUT2D eigenvalue weighted by atomic mass is 32.2. The van der Waals surface area contributed by atoms with E-state index in [1.54, 1.807) is 0 Å². The van der Waals surface area contributed by atoms with Crippen LogP contribution in [-0.4, -0.2) is 22.9 Å². The summed E-state index contributed by atoms with van der Waals surface area (Å²) in [6.07, 6.45) is 2.11. The minimum absolute atomic E-state index is 0.157. The zero-order chi connectivity index (χ0) is 13.0. The third-order valence-electron chi connectivity index (χ3n) is 2.74. The molecule has 1 heterocycles. The zero-order valence-electron chi connectivity index (χ0n) is 10.7. The summed E-state index contributed by atoms with van der Waals surface area (Å²) in [7, 11) is 0. The van der Waals surface area contributed by atoms with Crippen molar-refractivity contribution in [2.24, 2.45) is 0 Å². The maximum absolute atomic E-state index is 11.4. The molecule has 18 heavy (non-hydrogen) atoms. The SMILES string of the molecule is CCOC(=O)CSc1cn(CC)c2ccccc12. The number of rotatable bonds is 5. The molecular formula is C14H17NO2S. The topological polar surface area (TPSA) is 31.2 Å². The molecule has 1 aromatic carbocycles. The standard InChI is InChI=1S/C14H17NO2S/c1-3-15-9-13(18-10-14(16)17-4-2)11-7-5-6-8-12(11)15/h5-9H,3-4,10H2,1-2H3. The van der Waals surface area contributed by atoms with E-state index in [9.17, 15) is 4.79 Å². The van der Waals surface area contributed by atoms with Crippen LogP contribution in [0.1, 0.15) is 13.8 Å². The molecule has 1 aromatic heterocycles. The van der Waals surface area contributed by atoms with Crippen molar-refractivity contribution in [3.63, 3.8) is 0 Å². The number of hydrogen-bond donors (Lipinski definition) is 0. The lowest BCUT2D eigenvalue weighted by atomic mass is 10.2. The Balaban J connectivity index is 2.20. The van der Waals surface area contributed by atoms with E-state index in [0.717, 1.165) is 11.4 Å². The van der Waals surface area contributed by atoms with Gasteiger partial charge in [-0.1, -0.05) is 18.2 Å². The van der Waals surface area contributed by atoms with E-state index in [1.807, 2.05) is 19.1 Å². The first-order valence-corrected chi connectivity index (χ1v) is 7.11. The van der Waals surface area contributed by atoms with Crippen LogP contribution in [0, 0.1) is 0 Å². The summed E-state index contributed by atoms with van der Waals surface area (Å²) in [5.74, 6) is 0.210. The lowest BCUT2D eigenvalue weighted by Gasteiger charge is -2.00. The van der Waals surface area contributed by atoms with E-state index in [0.29, 0.717) is 12.4 Å². The van der Waals surface area contributed by atoms with Crippen molar-refractivity contribution < 1.29 is 9.53 Å². The number of fused-ring (bicyclic) bond motifs is 1. The average molecular weight is 263 g/mol. The fraction of sp³-hybridized carbons (Fsp3) is 0.357. The molecule has 3 nitrogen and oxygen atoms in total. The van der Waals surface area contributed by atoms with Gasteiger partial charge in [0.1, 0.15) is 0 Å². The Bertz CT molecular complexity index is 548. The molecule has 0 saturated carbocycles. The van der Waals surface area contributed by atoms with Gasteiger partial charge in [0.05, 0.1) is 12.4 Å². The van der Waals surface area contributed by atoms with Gasteiger partial charge in [0.2, 0.25) is 0 Å². The van der Waals surface area contributed by atoms with Crippen LogP contribution in [0.4, 0.5) is 0 Å². The van der Waals surface area contributed by atoms with Crippen molar-refractivity contribution in [2.75, 3.05) is 12.4 Å². The number of benzene rings is 1. The fourth-order valence-corrected chi connectivity index (χ4v) is 2.82. The Morgan fingerprint density at radius 2 is 2.11 bits per heavy atom. The van der Waals surface area contributed by atoms with Crippen molar-refractivity contribution in [1.29, 1.82) is 0 Å². The van der Waals surface area contributed by atoms with Crippen LogP contribution in [-0.2, 0) is 16.1 Å². The lowest BCUT2D eigenvalue weighted by molar-refractivity contribution is -0.139. The molecule has 0 aliphatic carbocycles. The number of carbonyl (C=O) groups is 1. The Hall–Kier alpha value is -1.42. The zero-order valence-corrected chi connectivity index (χ0v) is 11.5. The van der Waals surface area contributed by atoms with Crippen LogP contribution in [0.15, 0.2) is 35.4 Å². The molecule has 2 aromatic rings.